The molecule has 0 radical (unpaired) electrons. The quantitative estimate of drug-likeness (QED) is 0.219. The lowest BCUT2D eigenvalue weighted by Gasteiger charge is -2.22. The summed E-state index contributed by atoms with van der Waals surface area (Å²) in [5, 5.41) is 6.85. The van der Waals surface area contributed by atoms with Crippen LogP contribution in [0.1, 0.15) is 32.1 Å². The third-order valence-electron chi connectivity index (χ3n) is 5.57. The number of para-hydroxylation sites is 2. The number of hydrogen-bond acceptors (Lipinski definition) is 4. The number of nitrogens with one attached hydrogen (secondary N) is 2. The molecule has 1 unspecified atom stereocenters. The van der Waals surface area contributed by atoms with Gasteiger partial charge in [0.15, 0.2) is 5.96 Å². The zero-order chi connectivity index (χ0) is 20.5. The maximum atomic E-state index is 12.7. The number of hydrogen-bond donors (Lipinski definition) is 2. The van der Waals surface area contributed by atoms with E-state index in [1.165, 1.54) is 38.9 Å². The Labute approximate surface area is 195 Å². The second kappa shape index (κ2) is 13.1. The fraction of sp³-hybridized carbons (Fsp3) is 0.667. The van der Waals surface area contributed by atoms with Gasteiger partial charge in [-0.05, 0) is 63.9 Å². The Kier molecular flexibility index (Phi) is 10.9. The topological polar surface area (TPSA) is 52.1 Å². The van der Waals surface area contributed by atoms with Gasteiger partial charge in [-0.25, -0.2) is 0 Å². The van der Waals surface area contributed by atoms with Gasteiger partial charge in [-0.15, -0.1) is 24.0 Å². The highest BCUT2D eigenvalue weighted by Crippen LogP contribution is 2.31. The Hall–Kier alpha value is -1.36. The van der Waals surface area contributed by atoms with Crippen LogP contribution in [0.5, 0.6) is 5.75 Å². The van der Waals surface area contributed by atoms with E-state index in [0.29, 0.717) is 5.69 Å². The number of guanidine groups is 1. The molecule has 0 amide bonds. The molecule has 1 aromatic rings. The van der Waals surface area contributed by atoms with E-state index in [4.69, 9.17) is 0 Å². The van der Waals surface area contributed by atoms with Crippen molar-refractivity contribution in [3.8, 4) is 5.75 Å². The minimum atomic E-state index is -2.82. The summed E-state index contributed by atoms with van der Waals surface area (Å²) < 4.78 is 30.0. The van der Waals surface area contributed by atoms with E-state index in [-0.39, 0.29) is 35.8 Å². The number of anilines is 1. The molecule has 0 aliphatic carbocycles. The summed E-state index contributed by atoms with van der Waals surface area (Å²) in [5.74, 6) is 1.03. The van der Waals surface area contributed by atoms with Gasteiger partial charge in [0.2, 0.25) is 0 Å². The van der Waals surface area contributed by atoms with Crippen LogP contribution in [-0.4, -0.2) is 69.8 Å². The minimum Gasteiger partial charge on any atom is -0.433 e. The standard InChI is InChI=1S/C21H33F2N5O.HI/c1-24-21(25-11-4-5-12-27-13-6-7-14-27)26-17-10-15-28(16-17)18-8-2-3-9-19(18)29-20(22)23;/h2-3,8-9,17,20H,4-7,10-16H2,1H3,(H2,24,25,26);1H. The lowest BCUT2D eigenvalue weighted by Crippen LogP contribution is -2.45. The average Bonchev–Trinajstić information content (AvgIpc) is 3.39. The van der Waals surface area contributed by atoms with Crippen LogP contribution in [0.15, 0.2) is 29.3 Å². The number of alkyl halides is 2. The number of benzene rings is 1. The predicted octanol–water partition coefficient (Wildman–Crippen LogP) is 3.53. The van der Waals surface area contributed by atoms with Crippen molar-refractivity contribution >= 4 is 35.6 Å². The Morgan fingerprint density at radius 1 is 1.20 bits per heavy atom. The molecule has 0 bridgehead atoms. The van der Waals surface area contributed by atoms with Gasteiger partial charge in [0.25, 0.3) is 0 Å². The molecule has 2 heterocycles. The molecule has 9 heteroatoms. The molecule has 1 atom stereocenters. The molecule has 2 N–H and O–H groups in total. The third-order valence-corrected chi connectivity index (χ3v) is 5.57. The molecular formula is C21H34F2IN5O. The smallest absolute Gasteiger partial charge is 0.387 e. The maximum Gasteiger partial charge on any atom is 0.387 e. The molecule has 0 spiro atoms. The molecule has 2 saturated heterocycles. The molecule has 0 saturated carbocycles. The van der Waals surface area contributed by atoms with Gasteiger partial charge in [-0.3, -0.25) is 4.99 Å². The van der Waals surface area contributed by atoms with Crippen LogP contribution in [-0.2, 0) is 0 Å². The van der Waals surface area contributed by atoms with Crippen LogP contribution in [0.25, 0.3) is 0 Å². The number of nitrogens with zero attached hydrogens (tertiary/aromatic N) is 3. The molecule has 6 nitrogen and oxygen atoms in total. The first-order valence-corrected chi connectivity index (χ1v) is 10.6. The summed E-state index contributed by atoms with van der Waals surface area (Å²) >= 11 is 0. The fourth-order valence-corrected chi connectivity index (χ4v) is 4.07. The van der Waals surface area contributed by atoms with E-state index in [1.54, 1.807) is 19.2 Å². The van der Waals surface area contributed by atoms with E-state index < -0.39 is 6.61 Å². The summed E-state index contributed by atoms with van der Waals surface area (Å²) in [6, 6.07) is 7.18. The summed E-state index contributed by atoms with van der Waals surface area (Å²) in [4.78, 5) is 8.94. The van der Waals surface area contributed by atoms with Gasteiger partial charge in [0.05, 0.1) is 5.69 Å². The van der Waals surface area contributed by atoms with E-state index in [9.17, 15) is 8.78 Å². The molecule has 3 rings (SSSR count). The maximum absolute atomic E-state index is 12.7. The SMILES string of the molecule is CN=C(NCCCCN1CCCC1)NC1CCN(c2ccccc2OC(F)F)C1.I. The number of halogens is 3. The highest BCUT2D eigenvalue weighted by atomic mass is 127. The van der Waals surface area contributed by atoms with Crippen molar-refractivity contribution in [2.45, 2.75) is 44.8 Å². The first-order valence-electron chi connectivity index (χ1n) is 10.6. The Morgan fingerprint density at radius 3 is 2.70 bits per heavy atom. The molecule has 170 valence electrons. The van der Waals surface area contributed by atoms with Gasteiger partial charge in [-0.2, -0.15) is 8.78 Å². The number of likely N-dealkylation sites (tertiary alicyclic amines) is 1. The monoisotopic (exact) mass is 537 g/mol. The van der Waals surface area contributed by atoms with Gasteiger partial charge in [-0.1, -0.05) is 12.1 Å². The van der Waals surface area contributed by atoms with Gasteiger partial charge >= 0.3 is 6.61 Å². The summed E-state index contributed by atoms with van der Waals surface area (Å²) in [6.45, 7) is 3.27. The second-order valence-electron chi connectivity index (χ2n) is 7.68. The van der Waals surface area contributed by atoms with Crippen LogP contribution in [0.4, 0.5) is 14.5 Å². The molecule has 0 aromatic heterocycles. The van der Waals surface area contributed by atoms with Gasteiger partial charge in [0.1, 0.15) is 5.75 Å². The first-order chi connectivity index (χ1) is 14.2. The Balaban J connectivity index is 0.00000320. The van der Waals surface area contributed by atoms with Crippen LogP contribution in [0.2, 0.25) is 0 Å². The van der Waals surface area contributed by atoms with E-state index in [1.807, 2.05) is 12.1 Å². The molecule has 30 heavy (non-hydrogen) atoms. The Bertz CT molecular complexity index is 658. The van der Waals surface area contributed by atoms with Crippen molar-refractivity contribution in [2.75, 3.05) is 51.2 Å². The van der Waals surface area contributed by atoms with Crippen molar-refractivity contribution < 1.29 is 13.5 Å². The lowest BCUT2D eigenvalue weighted by atomic mass is 10.2. The van der Waals surface area contributed by atoms with Crippen LogP contribution < -0.4 is 20.3 Å². The number of ether oxygens (including phenoxy) is 1. The first kappa shape index (κ1) is 24.9. The van der Waals surface area contributed by atoms with Crippen molar-refractivity contribution in [3.05, 3.63) is 24.3 Å². The highest BCUT2D eigenvalue weighted by Gasteiger charge is 2.26. The average molecular weight is 537 g/mol. The highest BCUT2D eigenvalue weighted by molar-refractivity contribution is 14.0. The van der Waals surface area contributed by atoms with Crippen molar-refractivity contribution in [1.29, 1.82) is 0 Å². The number of rotatable bonds is 9. The number of aliphatic imine (C=N–C) groups is 1. The van der Waals surface area contributed by atoms with E-state index in [2.05, 4.69) is 30.2 Å². The third kappa shape index (κ3) is 7.72. The van der Waals surface area contributed by atoms with Gasteiger partial charge < -0.3 is 25.2 Å². The molecule has 2 fully saturated rings. The van der Waals surface area contributed by atoms with E-state index in [0.717, 1.165) is 38.4 Å². The molecule has 2 aliphatic rings. The van der Waals surface area contributed by atoms with Crippen LogP contribution >= 0.6 is 24.0 Å². The summed E-state index contributed by atoms with van der Waals surface area (Å²) in [6.07, 6.45) is 5.91. The second-order valence-corrected chi connectivity index (χ2v) is 7.68. The van der Waals surface area contributed by atoms with Crippen molar-refractivity contribution in [2.24, 2.45) is 4.99 Å². The zero-order valence-corrected chi connectivity index (χ0v) is 20.0. The molecule has 2 aliphatic heterocycles. The van der Waals surface area contributed by atoms with Crippen LogP contribution in [0, 0.1) is 0 Å². The van der Waals surface area contributed by atoms with Crippen molar-refractivity contribution in [1.82, 2.24) is 15.5 Å². The fourth-order valence-electron chi connectivity index (χ4n) is 4.07. The summed E-state index contributed by atoms with van der Waals surface area (Å²) in [7, 11) is 1.78. The number of unbranched alkanes of at least 4 members (excludes halogenated alkanes) is 1. The largest absolute Gasteiger partial charge is 0.433 e. The van der Waals surface area contributed by atoms with Crippen molar-refractivity contribution in [3.63, 3.8) is 0 Å². The summed E-state index contributed by atoms with van der Waals surface area (Å²) in [5.41, 5.74) is 0.710. The lowest BCUT2D eigenvalue weighted by molar-refractivity contribution is -0.0495. The van der Waals surface area contributed by atoms with E-state index >= 15 is 0 Å². The Morgan fingerprint density at radius 2 is 1.97 bits per heavy atom. The zero-order valence-electron chi connectivity index (χ0n) is 17.7. The van der Waals surface area contributed by atoms with Gasteiger partial charge in [0, 0.05) is 32.7 Å². The molecular weight excluding hydrogens is 503 g/mol. The van der Waals surface area contributed by atoms with Crippen LogP contribution in [0.3, 0.4) is 0 Å². The predicted molar refractivity (Wildman–Crippen MR) is 129 cm³/mol. The normalized spacial score (nSPS) is 19.8. The minimum absolute atomic E-state index is 0. The molecule has 1 aromatic carbocycles.